The van der Waals surface area contributed by atoms with E-state index in [4.69, 9.17) is 0 Å². The highest BCUT2D eigenvalue weighted by Gasteiger charge is 2.34. The van der Waals surface area contributed by atoms with Gasteiger partial charge in [0.1, 0.15) is 0 Å². The molecule has 0 radical (unpaired) electrons. The lowest BCUT2D eigenvalue weighted by Gasteiger charge is -2.28. The van der Waals surface area contributed by atoms with Crippen LogP contribution in [-0.4, -0.2) is 42.0 Å². The summed E-state index contributed by atoms with van der Waals surface area (Å²) in [5.41, 5.74) is 0. The van der Waals surface area contributed by atoms with E-state index in [-0.39, 0.29) is 17.4 Å². The molecule has 0 heterocycles. The molecule has 0 aliphatic carbocycles. The molecule has 182 valence electrons. The number of rotatable bonds is 24. The van der Waals surface area contributed by atoms with Crippen molar-refractivity contribution in [2.75, 3.05) is 24.6 Å². The highest BCUT2D eigenvalue weighted by atomic mass is 31.2. The van der Waals surface area contributed by atoms with Gasteiger partial charge in [-0.25, -0.2) is 0 Å². The molecule has 0 N–H and O–H groups in total. The summed E-state index contributed by atoms with van der Waals surface area (Å²) in [6.07, 6.45) is 36.1. The van der Waals surface area contributed by atoms with Crippen LogP contribution in [0.4, 0.5) is 0 Å². The lowest BCUT2D eigenvalue weighted by molar-refractivity contribution is 0.615. The summed E-state index contributed by atoms with van der Waals surface area (Å²) in [4.78, 5) is 0. The van der Waals surface area contributed by atoms with Gasteiger partial charge in [-0.2, -0.15) is 0 Å². The largest absolute Gasteiger partial charge is 0.187 e. The monoisotopic (exact) mass is 457 g/mol. The van der Waals surface area contributed by atoms with E-state index in [9.17, 15) is 0 Å². The highest BCUT2D eigenvalue weighted by Crippen LogP contribution is 2.61. The van der Waals surface area contributed by atoms with Crippen LogP contribution in [0, 0.1) is 0 Å². The van der Waals surface area contributed by atoms with E-state index in [1.54, 1.807) is 43.9 Å². The third kappa shape index (κ3) is 20.8. The van der Waals surface area contributed by atoms with Gasteiger partial charge >= 0.3 is 0 Å². The van der Waals surface area contributed by atoms with Crippen LogP contribution < -0.4 is 0 Å². The molecule has 0 fully saturated rings. The van der Waals surface area contributed by atoms with E-state index in [0.29, 0.717) is 0 Å². The van der Waals surface area contributed by atoms with Crippen LogP contribution in [0.3, 0.4) is 0 Å². The van der Waals surface area contributed by atoms with Gasteiger partial charge in [0.15, 0.2) is 17.4 Å². The summed E-state index contributed by atoms with van der Waals surface area (Å²) >= 11 is 0. The summed E-state index contributed by atoms with van der Waals surface area (Å²) in [6, 6.07) is 0. The van der Waals surface area contributed by atoms with E-state index in [2.05, 4.69) is 27.7 Å². The molecule has 0 amide bonds. The Balaban J connectivity index is 0. The molecule has 0 aromatic carbocycles. The summed E-state index contributed by atoms with van der Waals surface area (Å²) < 4.78 is 0. The van der Waals surface area contributed by atoms with Crippen molar-refractivity contribution in [3.05, 3.63) is 0 Å². The Labute approximate surface area is 205 Å². The normalized spacial score (nSPS) is 11.6. The number of unbranched alkanes of at least 4 members (excludes halogenated alkanes) is 16. The van der Waals surface area contributed by atoms with Crippen molar-refractivity contribution in [3.8, 4) is 0 Å². The van der Waals surface area contributed by atoms with Crippen molar-refractivity contribution in [1.29, 1.82) is 0 Å². The first kappa shape index (κ1) is 33.1. The first-order valence-electron chi connectivity index (χ1n) is 14.1. The van der Waals surface area contributed by atoms with Crippen molar-refractivity contribution < 1.29 is 0 Å². The summed E-state index contributed by atoms with van der Waals surface area (Å²) in [5.74, 6) is 0. The Bertz CT molecular complexity index is 264. The zero-order valence-electron chi connectivity index (χ0n) is 21.4. The second-order valence-electron chi connectivity index (χ2n) is 9.89. The number of hydrogen-bond donors (Lipinski definition) is 0. The predicted octanol–water partition coefficient (Wildman–Crippen LogP) is 9.70. The molecule has 0 aromatic rings. The first-order chi connectivity index (χ1) is 14.2. The van der Waals surface area contributed by atoms with Crippen molar-refractivity contribution >= 4 is 24.6 Å². The summed E-state index contributed by atoms with van der Waals surface area (Å²) in [7, 11) is -0.679. The van der Waals surface area contributed by atoms with Crippen LogP contribution in [-0.2, 0) is 0 Å². The van der Waals surface area contributed by atoms with Crippen LogP contribution >= 0.6 is 7.26 Å². The number of hydrogen-bond acceptors (Lipinski definition) is 0. The summed E-state index contributed by atoms with van der Waals surface area (Å²) in [5, 5.41) is 0. The molecule has 0 unspecified atom stereocenters. The van der Waals surface area contributed by atoms with Gasteiger partial charge in [-0.1, -0.05) is 111 Å². The second-order valence-corrected chi connectivity index (χ2v) is 14.4. The minimum absolute atomic E-state index is 0. The summed E-state index contributed by atoms with van der Waals surface area (Å²) in [6.45, 7) is 9.42. The van der Waals surface area contributed by atoms with Crippen LogP contribution in [0.1, 0.15) is 156 Å². The molecule has 0 bridgehead atoms. The molecular formula is C28H63AlP+. The maximum absolute atomic E-state index is 2.41. The van der Waals surface area contributed by atoms with Crippen molar-refractivity contribution in [2.24, 2.45) is 0 Å². The fraction of sp³-hybridized carbons (Fsp3) is 1.00. The average molecular weight is 458 g/mol. The SMILES string of the molecule is CCCCCCCC[P+](CCCC)(CCCCCCCC)CCCCCCCC.[AlH3]. The average Bonchev–Trinajstić information content (AvgIpc) is 2.74. The third-order valence-corrected chi connectivity index (χ3v) is 12.0. The Morgan fingerprint density at radius 2 is 0.533 bits per heavy atom. The van der Waals surface area contributed by atoms with Crippen molar-refractivity contribution in [3.63, 3.8) is 0 Å². The van der Waals surface area contributed by atoms with Crippen LogP contribution in [0.15, 0.2) is 0 Å². The second kappa shape index (κ2) is 26.2. The van der Waals surface area contributed by atoms with Gasteiger partial charge in [0.2, 0.25) is 0 Å². The van der Waals surface area contributed by atoms with E-state index >= 15 is 0 Å². The van der Waals surface area contributed by atoms with Crippen LogP contribution in [0.2, 0.25) is 0 Å². The Morgan fingerprint density at radius 3 is 0.833 bits per heavy atom. The van der Waals surface area contributed by atoms with E-state index in [1.165, 1.54) is 109 Å². The molecule has 0 spiro atoms. The fourth-order valence-corrected chi connectivity index (χ4v) is 9.86. The zero-order valence-corrected chi connectivity index (χ0v) is 22.3. The molecule has 0 aliphatic heterocycles. The van der Waals surface area contributed by atoms with E-state index < -0.39 is 7.26 Å². The van der Waals surface area contributed by atoms with Gasteiger partial charge in [-0.3, -0.25) is 0 Å². The minimum atomic E-state index is -0.679. The molecule has 0 saturated carbocycles. The molecule has 30 heavy (non-hydrogen) atoms. The smallest absolute Gasteiger partial charge is 0.0654 e. The van der Waals surface area contributed by atoms with Crippen molar-refractivity contribution in [2.45, 2.75) is 156 Å². The van der Waals surface area contributed by atoms with Gasteiger partial charge < -0.3 is 0 Å². The Hall–Kier alpha value is 0.962. The first-order valence-corrected chi connectivity index (χ1v) is 16.6. The highest BCUT2D eigenvalue weighted by molar-refractivity contribution is 7.75. The van der Waals surface area contributed by atoms with Crippen LogP contribution in [0.5, 0.6) is 0 Å². The van der Waals surface area contributed by atoms with Gasteiger partial charge in [-0.05, 0) is 44.9 Å². The molecular weight excluding hydrogens is 394 g/mol. The third-order valence-electron chi connectivity index (χ3n) is 6.94. The minimum Gasteiger partial charge on any atom is -0.0654 e. The molecule has 0 saturated heterocycles. The van der Waals surface area contributed by atoms with Gasteiger partial charge in [0.25, 0.3) is 0 Å². The maximum Gasteiger partial charge on any atom is 0.187 e. The predicted molar refractivity (Wildman–Crippen MR) is 151 cm³/mol. The van der Waals surface area contributed by atoms with Gasteiger partial charge in [-0.15, -0.1) is 0 Å². The van der Waals surface area contributed by atoms with E-state index in [0.717, 1.165) is 0 Å². The Kier molecular flexibility index (Phi) is 29.0. The lowest BCUT2D eigenvalue weighted by Crippen LogP contribution is -2.13. The van der Waals surface area contributed by atoms with Crippen LogP contribution in [0.25, 0.3) is 0 Å². The zero-order chi connectivity index (χ0) is 21.5. The van der Waals surface area contributed by atoms with Gasteiger partial charge in [0.05, 0.1) is 24.6 Å². The topological polar surface area (TPSA) is 0 Å². The molecule has 0 atom stereocenters. The lowest BCUT2D eigenvalue weighted by atomic mass is 10.1. The van der Waals surface area contributed by atoms with Crippen molar-refractivity contribution in [1.82, 2.24) is 0 Å². The van der Waals surface area contributed by atoms with Gasteiger partial charge in [0, 0.05) is 7.26 Å². The molecule has 2 heteroatoms. The Morgan fingerprint density at radius 1 is 0.300 bits per heavy atom. The quantitative estimate of drug-likeness (QED) is 0.0768. The molecule has 0 rings (SSSR count). The molecule has 0 nitrogen and oxygen atoms in total. The maximum atomic E-state index is 2.41. The standard InChI is InChI=1S/C28H60P.Al.3H/c1-5-9-13-16-19-22-26-29(25-12-8-4,27-23-20-17-14-10-6-2)28-24-21-18-15-11-7-3;;;;/h5-28H2,1-4H3;;;;/q+1;;;;. The fourth-order valence-electron chi connectivity index (χ4n) is 4.85. The molecule has 0 aliphatic rings. The van der Waals surface area contributed by atoms with E-state index in [1.807, 2.05) is 0 Å². The molecule has 0 aromatic heterocycles.